The highest BCUT2D eigenvalue weighted by Crippen LogP contribution is 2.30. The van der Waals surface area contributed by atoms with Gasteiger partial charge in [0, 0.05) is 12.1 Å². The molecule has 8 nitrogen and oxygen atoms in total. The molecule has 0 unspecified atom stereocenters. The van der Waals surface area contributed by atoms with Crippen LogP contribution in [0.25, 0.3) is 0 Å². The zero-order valence-corrected chi connectivity index (χ0v) is 18.9. The summed E-state index contributed by atoms with van der Waals surface area (Å²) in [6, 6.07) is 7.42. The van der Waals surface area contributed by atoms with Gasteiger partial charge in [0.15, 0.2) is 0 Å². The molecule has 0 aliphatic carbocycles. The molecule has 3 rings (SSSR count). The summed E-state index contributed by atoms with van der Waals surface area (Å²) in [5, 5.41) is 2.42. The fraction of sp³-hybridized carbons (Fsp3) is 0.250. The quantitative estimate of drug-likeness (QED) is 0.642. The Morgan fingerprint density at radius 2 is 1.97 bits per heavy atom. The lowest BCUT2D eigenvalue weighted by Crippen LogP contribution is -2.39. The first-order valence-corrected chi connectivity index (χ1v) is 11.3. The van der Waals surface area contributed by atoms with Gasteiger partial charge in [-0.3, -0.25) is 4.79 Å². The number of ether oxygens (including phenoxy) is 1. The number of alkyl halides is 3. The second-order valence-corrected chi connectivity index (χ2v) is 8.69. The number of nitrogens with zero attached hydrogens (tertiary/aromatic N) is 3. The van der Waals surface area contributed by atoms with E-state index < -0.39 is 28.0 Å². The molecule has 1 aromatic carbocycles. The fourth-order valence-electron chi connectivity index (χ4n) is 2.95. The number of carbonyl (C=O) groups excluding carboxylic acids is 1. The van der Waals surface area contributed by atoms with E-state index >= 15 is 0 Å². The Labute approximate surface area is 192 Å². The summed E-state index contributed by atoms with van der Waals surface area (Å²) in [7, 11) is -2.90. The number of rotatable bonds is 6. The molecule has 176 valence electrons. The Bertz CT molecular complexity index is 1250. The van der Waals surface area contributed by atoms with Crippen molar-refractivity contribution in [3.63, 3.8) is 0 Å². The summed E-state index contributed by atoms with van der Waals surface area (Å²) in [5.74, 6) is -1.00. The van der Waals surface area contributed by atoms with E-state index in [-0.39, 0.29) is 28.8 Å². The molecule has 1 aliphatic heterocycles. The molecule has 2 heterocycles. The summed E-state index contributed by atoms with van der Waals surface area (Å²) < 4.78 is 74.1. The number of aromatic nitrogens is 1. The summed E-state index contributed by atoms with van der Waals surface area (Å²) in [6.07, 6.45) is -3.14. The molecule has 0 radical (unpaired) electrons. The van der Waals surface area contributed by atoms with Crippen molar-refractivity contribution >= 4 is 39.2 Å². The summed E-state index contributed by atoms with van der Waals surface area (Å²) in [6.45, 7) is 1.62. The van der Waals surface area contributed by atoms with Gasteiger partial charge in [-0.15, -0.1) is 4.40 Å². The van der Waals surface area contributed by atoms with E-state index in [9.17, 15) is 26.4 Å². The van der Waals surface area contributed by atoms with E-state index in [1.54, 1.807) is 6.92 Å². The molecule has 13 heteroatoms. The minimum atomic E-state index is -4.71. The number of allylic oxidation sites excluding steroid dienone is 1. The number of anilines is 1. The van der Waals surface area contributed by atoms with Crippen LogP contribution in [0.1, 0.15) is 24.6 Å². The van der Waals surface area contributed by atoms with Crippen LogP contribution in [0.15, 0.2) is 52.6 Å². The topological polar surface area (TPSA) is 101 Å². The first-order valence-electron chi connectivity index (χ1n) is 9.50. The molecule has 0 fully saturated rings. The minimum absolute atomic E-state index is 0.0717. The lowest BCUT2D eigenvalue weighted by atomic mass is 10.1. The van der Waals surface area contributed by atoms with E-state index in [2.05, 4.69) is 14.7 Å². The zero-order valence-electron chi connectivity index (χ0n) is 17.4. The van der Waals surface area contributed by atoms with Gasteiger partial charge in [-0.1, -0.05) is 24.6 Å². The number of nitrogens with one attached hydrogen (secondary N) is 1. The summed E-state index contributed by atoms with van der Waals surface area (Å²) in [5.41, 5.74) is -1.31. The van der Waals surface area contributed by atoms with E-state index in [4.69, 9.17) is 16.3 Å². The Morgan fingerprint density at radius 3 is 2.58 bits per heavy atom. The molecule has 0 atom stereocenters. The molecule has 1 aromatic heterocycles. The maximum Gasteiger partial charge on any atom is 0.433 e. The third-order valence-electron chi connectivity index (χ3n) is 4.42. The molecular formula is C20H18ClF3N4O4S. The first-order chi connectivity index (χ1) is 15.5. The van der Waals surface area contributed by atoms with Crippen LogP contribution in [0.2, 0.25) is 5.02 Å². The van der Waals surface area contributed by atoms with Gasteiger partial charge in [-0.05, 0) is 42.8 Å². The number of carbonyl (C=O) groups is 1. The summed E-state index contributed by atoms with van der Waals surface area (Å²) >= 11 is 6.12. The third-order valence-corrected chi connectivity index (χ3v) is 6.08. The molecule has 1 amide bonds. The second-order valence-electron chi connectivity index (χ2n) is 6.77. The average Bonchev–Trinajstić information content (AvgIpc) is 2.74. The standard InChI is InChI=1S/C20H18ClF3N4O4S/c1-3-9-28-15(19(29)26-18-6-4-5-17(25-18)20(22,23)24)11-14(27-33(28,30)31)12-7-8-16(32-2)13(21)10-12/h4-8,10-11H,3,9H2,1-2H3,(H,25,26,29). The van der Waals surface area contributed by atoms with Crippen molar-refractivity contribution in [2.75, 3.05) is 19.0 Å². The molecule has 2 aromatic rings. The molecule has 1 N–H and O–H groups in total. The van der Waals surface area contributed by atoms with Gasteiger partial charge in [0.05, 0.1) is 17.8 Å². The second kappa shape index (κ2) is 9.40. The van der Waals surface area contributed by atoms with Crippen molar-refractivity contribution in [3.05, 3.63) is 64.5 Å². The van der Waals surface area contributed by atoms with E-state index in [1.807, 2.05) is 0 Å². The van der Waals surface area contributed by atoms with E-state index in [1.165, 1.54) is 31.4 Å². The molecule has 0 saturated heterocycles. The number of amides is 1. The molecule has 1 aliphatic rings. The SMILES string of the molecule is CCCN1C(C(=O)Nc2cccc(C(F)(F)F)n2)=CC(c2ccc(OC)c(Cl)c2)=NS1(=O)=O. The van der Waals surface area contributed by atoms with Crippen molar-refractivity contribution < 1.29 is 31.1 Å². The van der Waals surface area contributed by atoms with E-state index in [0.717, 1.165) is 22.5 Å². The van der Waals surface area contributed by atoms with Crippen molar-refractivity contribution in [3.8, 4) is 5.75 Å². The predicted octanol–water partition coefficient (Wildman–Crippen LogP) is 4.04. The largest absolute Gasteiger partial charge is 0.495 e. The highest BCUT2D eigenvalue weighted by molar-refractivity contribution is 7.88. The molecule has 0 spiro atoms. The highest BCUT2D eigenvalue weighted by atomic mass is 35.5. The molecular weight excluding hydrogens is 485 g/mol. The van der Waals surface area contributed by atoms with Crippen molar-refractivity contribution in [1.82, 2.24) is 9.29 Å². The zero-order chi connectivity index (χ0) is 24.4. The Morgan fingerprint density at radius 1 is 1.24 bits per heavy atom. The van der Waals surface area contributed by atoms with Crippen LogP contribution >= 0.6 is 11.6 Å². The van der Waals surface area contributed by atoms with Crippen molar-refractivity contribution in [2.45, 2.75) is 19.5 Å². The minimum Gasteiger partial charge on any atom is -0.495 e. The van der Waals surface area contributed by atoms with Gasteiger partial charge in [0.25, 0.3) is 5.91 Å². The monoisotopic (exact) mass is 502 g/mol. The van der Waals surface area contributed by atoms with Crippen LogP contribution < -0.4 is 10.1 Å². The third kappa shape index (κ3) is 5.45. The number of methoxy groups -OCH3 is 1. The van der Waals surface area contributed by atoms with Crippen LogP contribution in [0.5, 0.6) is 5.75 Å². The number of halogens is 4. The Kier molecular flexibility index (Phi) is 6.98. The van der Waals surface area contributed by atoms with Crippen molar-refractivity contribution in [2.24, 2.45) is 4.40 Å². The molecule has 0 bridgehead atoms. The number of hydrogen-bond acceptors (Lipinski definition) is 5. The fourth-order valence-corrected chi connectivity index (χ4v) is 4.51. The van der Waals surface area contributed by atoms with Gasteiger partial charge in [-0.2, -0.15) is 21.6 Å². The highest BCUT2D eigenvalue weighted by Gasteiger charge is 2.34. The predicted molar refractivity (Wildman–Crippen MR) is 116 cm³/mol. The number of hydrogen-bond donors (Lipinski definition) is 1. The van der Waals surface area contributed by atoms with E-state index in [0.29, 0.717) is 17.7 Å². The Hall–Kier alpha value is -3.12. The van der Waals surface area contributed by atoms with Crippen LogP contribution in [0.3, 0.4) is 0 Å². The average molecular weight is 503 g/mol. The number of pyridine rings is 1. The maximum atomic E-state index is 12.9. The van der Waals surface area contributed by atoms with Crippen LogP contribution in [0.4, 0.5) is 19.0 Å². The lowest BCUT2D eigenvalue weighted by molar-refractivity contribution is -0.141. The Balaban J connectivity index is 2.02. The maximum absolute atomic E-state index is 12.9. The normalized spacial score (nSPS) is 15.5. The first kappa shape index (κ1) is 24.5. The molecule has 0 saturated carbocycles. The van der Waals surface area contributed by atoms with Crippen LogP contribution in [-0.4, -0.2) is 43.0 Å². The van der Waals surface area contributed by atoms with Crippen LogP contribution in [-0.2, 0) is 21.2 Å². The smallest absolute Gasteiger partial charge is 0.433 e. The summed E-state index contributed by atoms with van der Waals surface area (Å²) in [4.78, 5) is 16.3. The number of benzene rings is 1. The lowest BCUT2D eigenvalue weighted by Gasteiger charge is -2.27. The van der Waals surface area contributed by atoms with Crippen molar-refractivity contribution in [1.29, 1.82) is 0 Å². The van der Waals surface area contributed by atoms with Gasteiger partial charge in [0.1, 0.15) is 23.0 Å². The van der Waals surface area contributed by atoms with Crippen LogP contribution in [0, 0.1) is 0 Å². The van der Waals surface area contributed by atoms with Gasteiger partial charge >= 0.3 is 16.4 Å². The van der Waals surface area contributed by atoms with Gasteiger partial charge in [0.2, 0.25) is 0 Å². The van der Waals surface area contributed by atoms with Gasteiger partial charge < -0.3 is 10.1 Å². The molecule has 33 heavy (non-hydrogen) atoms. The van der Waals surface area contributed by atoms with Gasteiger partial charge in [-0.25, -0.2) is 9.29 Å².